The quantitative estimate of drug-likeness (QED) is 0.740. The minimum Gasteiger partial charge on any atom is -0.396 e. The molecule has 0 aromatic heterocycles. The zero-order valence-electron chi connectivity index (χ0n) is 9.43. The number of rotatable bonds is 4. The molecule has 16 heavy (non-hydrogen) atoms. The van der Waals surface area contributed by atoms with E-state index in [9.17, 15) is 8.42 Å². The molecule has 0 unspecified atom stereocenters. The van der Waals surface area contributed by atoms with Crippen LogP contribution >= 0.6 is 0 Å². The molecule has 2 rings (SSSR count). The zero-order valence-corrected chi connectivity index (χ0v) is 10.2. The van der Waals surface area contributed by atoms with Crippen LogP contribution in [0.3, 0.4) is 0 Å². The summed E-state index contributed by atoms with van der Waals surface area (Å²) in [5.74, 6) is 0.273. The fourth-order valence-corrected chi connectivity index (χ4v) is 3.64. The number of hydrogen-bond donors (Lipinski definition) is 2. The van der Waals surface area contributed by atoms with Gasteiger partial charge in [-0.25, -0.2) is 0 Å². The molecule has 2 aliphatic rings. The van der Waals surface area contributed by atoms with E-state index in [1.807, 2.05) is 0 Å². The van der Waals surface area contributed by atoms with Crippen LogP contribution in [0.25, 0.3) is 0 Å². The zero-order chi connectivity index (χ0) is 11.6. The van der Waals surface area contributed by atoms with E-state index in [1.54, 1.807) is 0 Å². The second-order valence-electron chi connectivity index (χ2n) is 4.78. The van der Waals surface area contributed by atoms with Crippen molar-refractivity contribution in [2.75, 3.05) is 19.7 Å². The summed E-state index contributed by atoms with van der Waals surface area (Å²) in [6.07, 6.45) is 4.59. The van der Waals surface area contributed by atoms with Crippen LogP contribution in [0.1, 0.15) is 32.1 Å². The first-order valence-electron chi connectivity index (χ1n) is 6.00. The summed E-state index contributed by atoms with van der Waals surface area (Å²) in [4.78, 5) is 0. The van der Waals surface area contributed by atoms with E-state index in [-0.39, 0.29) is 18.6 Å². The van der Waals surface area contributed by atoms with E-state index in [0.717, 1.165) is 32.1 Å². The molecule has 0 atom stereocenters. The lowest BCUT2D eigenvalue weighted by Crippen LogP contribution is -2.50. The summed E-state index contributed by atoms with van der Waals surface area (Å²) in [5, 5.41) is 8.99. The van der Waals surface area contributed by atoms with E-state index in [4.69, 9.17) is 5.11 Å². The Kier molecular flexibility index (Phi) is 3.84. The molecule has 0 amide bonds. The Morgan fingerprint density at radius 2 is 1.81 bits per heavy atom. The third kappa shape index (κ3) is 2.74. The van der Waals surface area contributed by atoms with Crippen LogP contribution in [0.2, 0.25) is 0 Å². The van der Waals surface area contributed by atoms with Gasteiger partial charge in [-0.2, -0.15) is 17.4 Å². The predicted molar refractivity (Wildman–Crippen MR) is 61.1 cm³/mol. The summed E-state index contributed by atoms with van der Waals surface area (Å²) in [6, 6.07) is 0.153. The number of nitrogens with zero attached hydrogens (tertiary/aromatic N) is 1. The molecule has 6 heteroatoms. The fraction of sp³-hybridized carbons (Fsp3) is 1.00. The first-order valence-corrected chi connectivity index (χ1v) is 7.44. The Morgan fingerprint density at radius 3 is 2.25 bits per heavy atom. The Morgan fingerprint density at radius 1 is 1.19 bits per heavy atom. The van der Waals surface area contributed by atoms with Gasteiger partial charge < -0.3 is 5.11 Å². The lowest BCUT2D eigenvalue weighted by Gasteiger charge is -2.33. The highest BCUT2D eigenvalue weighted by Crippen LogP contribution is 2.22. The summed E-state index contributed by atoms with van der Waals surface area (Å²) < 4.78 is 28.1. The number of aliphatic hydroxyl groups excluding tert-OH is 1. The Labute approximate surface area is 97.0 Å². The minimum absolute atomic E-state index is 0.153. The molecule has 94 valence electrons. The molecular weight excluding hydrogens is 228 g/mol. The maximum atomic E-state index is 11.9. The number of hydrogen-bond acceptors (Lipinski definition) is 3. The highest BCUT2D eigenvalue weighted by Gasteiger charge is 2.31. The van der Waals surface area contributed by atoms with E-state index in [0.29, 0.717) is 13.1 Å². The van der Waals surface area contributed by atoms with Gasteiger partial charge in [0.05, 0.1) is 0 Å². The molecule has 0 aromatic carbocycles. The summed E-state index contributed by atoms with van der Waals surface area (Å²) in [6.45, 7) is 1.24. The number of aliphatic hydroxyl groups is 1. The average Bonchev–Trinajstić information content (AvgIpc) is 2.24. The lowest BCUT2D eigenvalue weighted by atomic mass is 9.94. The summed E-state index contributed by atoms with van der Waals surface area (Å²) >= 11 is 0. The molecule has 0 aromatic rings. The van der Waals surface area contributed by atoms with Gasteiger partial charge in [0, 0.05) is 25.7 Å². The van der Waals surface area contributed by atoms with Crippen molar-refractivity contribution in [1.29, 1.82) is 0 Å². The van der Waals surface area contributed by atoms with Crippen molar-refractivity contribution < 1.29 is 13.5 Å². The molecule has 2 fully saturated rings. The largest absolute Gasteiger partial charge is 0.396 e. The maximum absolute atomic E-state index is 11.9. The number of piperidine rings is 1. The molecule has 1 aliphatic carbocycles. The van der Waals surface area contributed by atoms with Gasteiger partial charge in [-0.1, -0.05) is 6.42 Å². The average molecular weight is 248 g/mol. The SMILES string of the molecule is O=S(=O)(NC1CCC1)N1CCC(CO)CC1. The molecule has 0 bridgehead atoms. The second-order valence-corrected chi connectivity index (χ2v) is 6.48. The summed E-state index contributed by atoms with van der Waals surface area (Å²) in [5.41, 5.74) is 0. The highest BCUT2D eigenvalue weighted by atomic mass is 32.2. The van der Waals surface area contributed by atoms with Gasteiger partial charge in [0.15, 0.2) is 0 Å². The van der Waals surface area contributed by atoms with Gasteiger partial charge in [0.1, 0.15) is 0 Å². The molecule has 0 spiro atoms. The van der Waals surface area contributed by atoms with Crippen LogP contribution < -0.4 is 4.72 Å². The molecule has 0 radical (unpaired) electrons. The first-order chi connectivity index (χ1) is 7.62. The second kappa shape index (κ2) is 5.00. The Hall–Kier alpha value is -0.170. The topological polar surface area (TPSA) is 69.6 Å². The molecule has 1 heterocycles. The van der Waals surface area contributed by atoms with Crippen LogP contribution in [-0.4, -0.2) is 43.6 Å². The van der Waals surface area contributed by atoms with Crippen LogP contribution in [-0.2, 0) is 10.2 Å². The third-order valence-corrected chi connectivity index (χ3v) is 5.27. The van der Waals surface area contributed by atoms with Crippen LogP contribution in [0, 0.1) is 5.92 Å². The van der Waals surface area contributed by atoms with Gasteiger partial charge >= 0.3 is 0 Å². The van der Waals surface area contributed by atoms with E-state index in [2.05, 4.69) is 4.72 Å². The fourth-order valence-electron chi connectivity index (χ4n) is 2.14. The van der Waals surface area contributed by atoms with Crippen molar-refractivity contribution in [2.24, 2.45) is 5.92 Å². The van der Waals surface area contributed by atoms with Crippen LogP contribution in [0.5, 0.6) is 0 Å². The standard InChI is InChI=1S/C10H20N2O3S/c13-8-9-4-6-12(7-5-9)16(14,15)11-10-2-1-3-10/h9-11,13H,1-8H2. The monoisotopic (exact) mass is 248 g/mol. The smallest absolute Gasteiger partial charge is 0.279 e. The molecule has 1 aliphatic heterocycles. The van der Waals surface area contributed by atoms with Gasteiger partial charge in [-0.05, 0) is 31.6 Å². The van der Waals surface area contributed by atoms with Gasteiger partial charge in [0.25, 0.3) is 10.2 Å². The van der Waals surface area contributed by atoms with Gasteiger partial charge in [-0.3, -0.25) is 0 Å². The van der Waals surface area contributed by atoms with Crippen molar-refractivity contribution in [1.82, 2.24) is 9.03 Å². The predicted octanol–water partition coefficient (Wildman–Crippen LogP) is 0.0776. The van der Waals surface area contributed by atoms with Crippen LogP contribution in [0.15, 0.2) is 0 Å². The van der Waals surface area contributed by atoms with Crippen molar-refractivity contribution in [3.63, 3.8) is 0 Å². The maximum Gasteiger partial charge on any atom is 0.279 e. The van der Waals surface area contributed by atoms with E-state index < -0.39 is 10.2 Å². The van der Waals surface area contributed by atoms with E-state index >= 15 is 0 Å². The van der Waals surface area contributed by atoms with E-state index in [1.165, 1.54) is 4.31 Å². The van der Waals surface area contributed by atoms with Gasteiger partial charge in [-0.15, -0.1) is 0 Å². The highest BCUT2D eigenvalue weighted by molar-refractivity contribution is 7.87. The first kappa shape index (κ1) is 12.3. The van der Waals surface area contributed by atoms with Crippen molar-refractivity contribution in [3.05, 3.63) is 0 Å². The lowest BCUT2D eigenvalue weighted by molar-refractivity contribution is 0.168. The molecule has 1 saturated heterocycles. The van der Waals surface area contributed by atoms with Crippen molar-refractivity contribution in [2.45, 2.75) is 38.1 Å². The summed E-state index contributed by atoms with van der Waals surface area (Å²) in [7, 11) is -3.27. The minimum atomic E-state index is -3.27. The van der Waals surface area contributed by atoms with Crippen LogP contribution in [0.4, 0.5) is 0 Å². The third-order valence-electron chi connectivity index (χ3n) is 3.59. The Bertz CT molecular complexity index is 319. The molecule has 2 N–H and O–H groups in total. The molecular formula is C10H20N2O3S. The number of nitrogens with one attached hydrogen (secondary N) is 1. The molecule has 5 nitrogen and oxygen atoms in total. The normalized spacial score (nSPS) is 25.6. The van der Waals surface area contributed by atoms with Crippen molar-refractivity contribution in [3.8, 4) is 0 Å². The van der Waals surface area contributed by atoms with Gasteiger partial charge in [0.2, 0.25) is 0 Å². The van der Waals surface area contributed by atoms with Crippen molar-refractivity contribution >= 4 is 10.2 Å². The Balaban J connectivity index is 1.86. The molecule has 1 saturated carbocycles.